The number of ketones is 1. The first-order valence-corrected chi connectivity index (χ1v) is 11.0. The lowest BCUT2D eigenvalue weighted by Crippen LogP contribution is -2.15. The smallest absolute Gasteiger partial charge is 0.306 e. The van der Waals surface area contributed by atoms with Crippen LogP contribution < -0.4 is 0 Å². The Morgan fingerprint density at radius 3 is 2.56 bits per heavy atom. The molecule has 0 radical (unpaired) electrons. The zero-order chi connectivity index (χ0) is 22.5. The molecule has 2 heterocycles. The lowest BCUT2D eigenvalue weighted by molar-refractivity contribution is -0.142. The number of esters is 1. The number of fused-ring (bicyclic) bond motifs is 1. The van der Waals surface area contributed by atoms with Gasteiger partial charge in [-0.25, -0.2) is 0 Å². The van der Waals surface area contributed by atoms with Crippen molar-refractivity contribution in [3.05, 3.63) is 94.9 Å². The summed E-state index contributed by atoms with van der Waals surface area (Å²) >= 11 is 0. The zero-order valence-corrected chi connectivity index (χ0v) is 18.6. The molecule has 4 aromatic rings. The summed E-state index contributed by atoms with van der Waals surface area (Å²) in [5, 5.41) is 1.18. The highest BCUT2D eigenvalue weighted by Crippen LogP contribution is 2.20. The minimum absolute atomic E-state index is 0.164. The molecule has 32 heavy (non-hydrogen) atoms. The minimum atomic E-state index is -0.337. The Balaban J connectivity index is 1.28. The van der Waals surface area contributed by atoms with Crippen LogP contribution in [-0.4, -0.2) is 27.9 Å². The summed E-state index contributed by atoms with van der Waals surface area (Å²) in [7, 11) is 0. The van der Waals surface area contributed by atoms with Gasteiger partial charge in [-0.3, -0.25) is 9.59 Å². The number of carbonyl (C=O) groups excluding carboxylic acids is 2. The van der Waals surface area contributed by atoms with Gasteiger partial charge >= 0.3 is 5.97 Å². The van der Waals surface area contributed by atoms with Gasteiger partial charge in [-0.1, -0.05) is 48.5 Å². The Hall–Kier alpha value is -3.60. The van der Waals surface area contributed by atoms with Crippen molar-refractivity contribution in [1.29, 1.82) is 0 Å². The van der Waals surface area contributed by atoms with Crippen LogP contribution in [0.25, 0.3) is 10.9 Å². The molecule has 0 spiro atoms. The normalized spacial score (nSPS) is 11.1. The van der Waals surface area contributed by atoms with E-state index in [-0.39, 0.29) is 18.4 Å². The van der Waals surface area contributed by atoms with E-state index >= 15 is 0 Å². The van der Waals surface area contributed by atoms with E-state index in [2.05, 4.69) is 27.8 Å². The number of ether oxygens (including phenoxy) is 1. The molecule has 4 rings (SSSR count). The molecule has 5 heteroatoms. The van der Waals surface area contributed by atoms with Crippen LogP contribution in [0.3, 0.4) is 0 Å². The van der Waals surface area contributed by atoms with Gasteiger partial charge in [0.1, 0.15) is 0 Å². The molecule has 1 N–H and O–H groups in total. The van der Waals surface area contributed by atoms with Crippen LogP contribution in [0.1, 0.15) is 45.7 Å². The first-order valence-electron chi connectivity index (χ1n) is 11.0. The van der Waals surface area contributed by atoms with Crippen molar-refractivity contribution < 1.29 is 14.3 Å². The van der Waals surface area contributed by atoms with Crippen LogP contribution in [-0.2, 0) is 22.5 Å². The Bertz CT molecular complexity index is 1230. The molecule has 164 valence electrons. The highest BCUT2D eigenvalue weighted by atomic mass is 16.5. The van der Waals surface area contributed by atoms with Gasteiger partial charge in [-0.15, -0.1) is 0 Å². The predicted molar refractivity (Wildman–Crippen MR) is 126 cm³/mol. The van der Waals surface area contributed by atoms with Crippen LogP contribution >= 0.6 is 0 Å². The van der Waals surface area contributed by atoms with E-state index in [9.17, 15) is 9.59 Å². The van der Waals surface area contributed by atoms with Gasteiger partial charge in [0.2, 0.25) is 5.78 Å². The third-order valence-electron chi connectivity index (χ3n) is 5.92. The molecule has 0 aliphatic carbocycles. The summed E-state index contributed by atoms with van der Waals surface area (Å²) < 4.78 is 7.40. The van der Waals surface area contributed by atoms with Gasteiger partial charge in [0, 0.05) is 47.0 Å². The quantitative estimate of drug-likeness (QED) is 0.287. The number of aryl methyl sites for hydroxylation is 2. The first kappa shape index (κ1) is 21.6. The second-order valence-corrected chi connectivity index (χ2v) is 8.15. The Morgan fingerprint density at radius 2 is 1.75 bits per heavy atom. The van der Waals surface area contributed by atoms with Gasteiger partial charge in [0.15, 0.2) is 6.61 Å². The van der Waals surface area contributed by atoms with E-state index in [1.165, 1.54) is 16.5 Å². The molecule has 2 aromatic heterocycles. The predicted octanol–water partition coefficient (Wildman–Crippen LogP) is 5.38. The van der Waals surface area contributed by atoms with Crippen LogP contribution in [0, 0.1) is 13.8 Å². The number of nitrogens with zero attached hydrogens (tertiary/aromatic N) is 1. The van der Waals surface area contributed by atoms with Crippen molar-refractivity contribution in [1.82, 2.24) is 9.55 Å². The maximum Gasteiger partial charge on any atom is 0.306 e. The number of benzene rings is 2. The fraction of sp³-hybridized carbons (Fsp3) is 0.259. The van der Waals surface area contributed by atoms with E-state index in [1.807, 2.05) is 62.5 Å². The van der Waals surface area contributed by atoms with Gasteiger partial charge in [-0.05, 0) is 49.9 Å². The van der Waals surface area contributed by atoms with E-state index in [0.717, 1.165) is 23.3 Å². The van der Waals surface area contributed by atoms with Crippen molar-refractivity contribution in [3.63, 3.8) is 0 Å². The first-order chi connectivity index (χ1) is 15.5. The lowest BCUT2D eigenvalue weighted by atomic mass is 10.1. The number of aromatic amines is 1. The number of H-pyrrole nitrogens is 1. The maximum absolute atomic E-state index is 12.7. The summed E-state index contributed by atoms with van der Waals surface area (Å²) in [5.74, 6) is -0.501. The summed E-state index contributed by atoms with van der Waals surface area (Å²) in [5.41, 5.74) is 5.99. The van der Waals surface area contributed by atoms with E-state index < -0.39 is 0 Å². The third-order valence-corrected chi connectivity index (χ3v) is 5.92. The molecule has 2 aromatic carbocycles. The second-order valence-electron chi connectivity index (χ2n) is 8.15. The number of Topliss-reactive ketones (excluding diaryl/α,β-unsaturated/α-hetero) is 1. The second kappa shape index (κ2) is 9.69. The Kier molecular flexibility index (Phi) is 6.55. The molecular formula is C27H28N2O3. The Labute approximate surface area is 188 Å². The fourth-order valence-electron chi connectivity index (χ4n) is 4.15. The highest BCUT2D eigenvalue weighted by molar-refractivity contribution is 5.99. The summed E-state index contributed by atoms with van der Waals surface area (Å²) in [6.07, 6.45) is 3.75. The van der Waals surface area contributed by atoms with Crippen molar-refractivity contribution in [3.8, 4) is 0 Å². The van der Waals surface area contributed by atoms with Crippen molar-refractivity contribution in [2.75, 3.05) is 6.61 Å². The van der Waals surface area contributed by atoms with E-state index in [1.54, 1.807) is 0 Å². The molecule has 0 unspecified atom stereocenters. The average molecular weight is 429 g/mol. The van der Waals surface area contributed by atoms with Crippen LogP contribution in [0.4, 0.5) is 0 Å². The molecule has 5 nitrogen and oxygen atoms in total. The van der Waals surface area contributed by atoms with E-state index in [0.29, 0.717) is 24.9 Å². The molecule has 0 bridgehead atoms. The molecule has 0 atom stereocenters. The van der Waals surface area contributed by atoms with Gasteiger partial charge in [0.05, 0.1) is 0 Å². The molecule has 0 fully saturated rings. The molecule has 0 aliphatic heterocycles. The number of carbonyl (C=O) groups is 2. The number of nitrogens with one attached hydrogen (secondary N) is 1. The largest absolute Gasteiger partial charge is 0.457 e. The standard InChI is InChI=1S/C27H28N2O3/c1-19-15-24(20(2)29(19)17-21-9-4-3-5-10-21)26(30)18-32-27(31)14-8-11-22-16-28-25-13-7-6-12-23(22)25/h3-7,9-10,12-13,15-16,28H,8,11,14,17-18H2,1-2H3. The number of hydrogen-bond donors (Lipinski definition) is 1. The summed E-state index contributed by atoms with van der Waals surface area (Å²) in [4.78, 5) is 28.1. The van der Waals surface area contributed by atoms with Crippen molar-refractivity contribution in [2.45, 2.75) is 39.7 Å². The monoisotopic (exact) mass is 428 g/mol. The molecule has 0 amide bonds. The van der Waals surface area contributed by atoms with Gasteiger partial charge < -0.3 is 14.3 Å². The van der Waals surface area contributed by atoms with E-state index in [4.69, 9.17) is 4.74 Å². The maximum atomic E-state index is 12.7. The fourth-order valence-corrected chi connectivity index (χ4v) is 4.15. The molecule has 0 saturated heterocycles. The molecule has 0 aliphatic rings. The van der Waals surface area contributed by atoms with Crippen LogP contribution in [0.5, 0.6) is 0 Å². The number of para-hydroxylation sites is 1. The van der Waals surface area contributed by atoms with Crippen molar-refractivity contribution >= 4 is 22.7 Å². The molecular weight excluding hydrogens is 400 g/mol. The van der Waals surface area contributed by atoms with Gasteiger partial charge in [0.25, 0.3) is 0 Å². The summed E-state index contributed by atoms with van der Waals surface area (Å²) in [6.45, 7) is 4.41. The number of hydrogen-bond acceptors (Lipinski definition) is 3. The van der Waals surface area contributed by atoms with Crippen LogP contribution in [0.2, 0.25) is 0 Å². The zero-order valence-electron chi connectivity index (χ0n) is 18.6. The lowest BCUT2D eigenvalue weighted by Gasteiger charge is -2.10. The Morgan fingerprint density at radius 1 is 1.00 bits per heavy atom. The van der Waals surface area contributed by atoms with Crippen molar-refractivity contribution in [2.24, 2.45) is 0 Å². The third kappa shape index (κ3) is 4.83. The topological polar surface area (TPSA) is 64.1 Å². The summed E-state index contributed by atoms with van der Waals surface area (Å²) in [6, 6.07) is 20.1. The highest BCUT2D eigenvalue weighted by Gasteiger charge is 2.17. The average Bonchev–Trinajstić information content (AvgIpc) is 3.34. The number of aromatic nitrogens is 2. The SMILES string of the molecule is Cc1cc(C(=O)COC(=O)CCCc2c[nH]c3ccccc23)c(C)n1Cc1ccccc1. The minimum Gasteiger partial charge on any atom is -0.457 e. The van der Waals surface area contributed by atoms with Crippen LogP contribution in [0.15, 0.2) is 66.9 Å². The van der Waals surface area contributed by atoms with Gasteiger partial charge in [-0.2, -0.15) is 0 Å². The number of rotatable bonds is 9. The molecule has 0 saturated carbocycles.